The molecule has 120 valence electrons. The second kappa shape index (κ2) is 7.50. The fourth-order valence-electron chi connectivity index (χ4n) is 2.63. The SMILES string of the molecule is CCCCNC(=O)C1=C(C)OC(N)=C(C#N)C1c1ccccc1. The van der Waals surface area contributed by atoms with E-state index in [0.29, 0.717) is 17.9 Å². The zero-order valence-corrected chi connectivity index (χ0v) is 13.4. The second-order valence-corrected chi connectivity index (χ2v) is 5.41. The molecule has 1 aromatic rings. The highest BCUT2D eigenvalue weighted by molar-refractivity contribution is 5.96. The molecule has 23 heavy (non-hydrogen) atoms. The van der Waals surface area contributed by atoms with Crippen LogP contribution in [0.2, 0.25) is 0 Å². The number of nitrogens with one attached hydrogen (secondary N) is 1. The van der Waals surface area contributed by atoms with Crippen molar-refractivity contribution in [1.82, 2.24) is 5.32 Å². The largest absolute Gasteiger partial charge is 0.445 e. The van der Waals surface area contributed by atoms with Crippen LogP contribution in [0.1, 0.15) is 38.2 Å². The molecule has 0 radical (unpaired) electrons. The standard InChI is InChI=1S/C18H21N3O2/c1-3-4-10-21-18(22)15-12(2)23-17(20)14(11-19)16(15)13-8-6-5-7-9-13/h5-9,16H,3-4,10,20H2,1-2H3,(H,21,22). The Bertz CT molecular complexity index is 684. The summed E-state index contributed by atoms with van der Waals surface area (Å²) in [6.07, 6.45) is 1.89. The van der Waals surface area contributed by atoms with Gasteiger partial charge in [-0.15, -0.1) is 0 Å². The van der Waals surface area contributed by atoms with Gasteiger partial charge in [0.15, 0.2) is 0 Å². The monoisotopic (exact) mass is 311 g/mol. The lowest BCUT2D eigenvalue weighted by molar-refractivity contribution is -0.118. The molecule has 2 rings (SSSR count). The summed E-state index contributed by atoms with van der Waals surface area (Å²) in [6, 6.07) is 11.5. The van der Waals surface area contributed by atoms with Gasteiger partial charge in [0.1, 0.15) is 17.4 Å². The molecule has 1 amide bonds. The van der Waals surface area contributed by atoms with Crippen LogP contribution in [-0.4, -0.2) is 12.5 Å². The van der Waals surface area contributed by atoms with Crippen LogP contribution in [-0.2, 0) is 9.53 Å². The van der Waals surface area contributed by atoms with Crippen molar-refractivity contribution in [2.45, 2.75) is 32.6 Å². The highest BCUT2D eigenvalue weighted by Crippen LogP contribution is 2.38. The zero-order valence-electron chi connectivity index (χ0n) is 13.4. The maximum atomic E-state index is 12.6. The summed E-state index contributed by atoms with van der Waals surface area (Å²) in [7, 11) is 0. The lowest BCUT2D eigenvalue weighted by Gasteiger charge is -2.27. The van der Waals surface area contributed by atoms with Crippen LogP contribution in [0.3, 0.4) is 0 Å². The Labute approximate surface area is 136 Å². The molecular formula is C18H21N3O2. The Kier molecular flexibility index (Phi) is 5.42. The predicted molar refractivity (Wildman–Crippen MR) is 87.7 cm³/mol. The lowest BCUT2D eigenvalue weighted by atomic mass is 9.82. The molecule has 1 aliphatic rings. The van der Waals surface area contributed by atoms with Gasteiger partial charge >= 0.3 is 0 Å². The molecule has 5 nitrogen and oxygen atoms in total. The van der Waals surface area contributed by atoms with Gasteiger partial charge in [0.25, 0.3) is 5.91 Å². The summed E-state index contributed by atoms with van der Waals surface area (Å²) in [5, 5.41) is 12.4. The molecule has 0 saturated heterocycles. The van der Waals surface area contributed by atoms with Crippen molar-refractivity contribution in [3.63, 3.8) is 0 Å². The molecule has 0 fully saturated rings. The summed E-state index contributed by atoms with van der Waals surface area (Å²) < 4.78 is 5.44. The van der Waals surface area contributed by atoms with Crippen LogP contribution < -0.4 is 11.1 Å². The van der Waals surface area contributed by atoms with Crippen molar-refractivity contribution >= 4 is 5.91 Å². The van der Waals surface area contributed by atoms with Crippen LogP contribution in [0.15, 0.2) is 53.1 Å². The molecule has 5 heteroatoms. The number of allylic oxidation sites excluding steroid dienone is 2. The van der Waals surface area contributed by atoms with E-state index in [9.17, 15) is 10.1 Å². The molecular weight excluding hydrogens is 290 g/mol. The number of hydrogen-bond donors (Lipinski definition) is 2. The van der Waals surface area contributed by atoms with E-state index in [-0.39, 0.29) is 17.4 Å². The van der Waals surface area contributed by atoms with Gasteiger partial charge in [-0.2, -0.15) is 5.26 Å². The molecule has 1 atom stereocenters. The second-order valence-electron chi connectivity index (χ2n) is 5.41. The van der Waals surface area contributed by atoms with Crippen molar-refractivity contribution in [3.05, 3.63) is 58.7 Å². The van der Waals surface area contributed by atoms with Gasteiger partial charge in [-0.1, -0.05) is 43.7 Å². The Morgan fingerprint density at radius 2 is 2.09 bits per heavy atom. The molecule has 3 N–H and O–H groups in total. The topological polar surface area (TPSA) is 88.1 Å². The number of carbonyl (C=O) groups excluding carboxylic acids is 1. The Morgan fingerprint density at radius 1 is 1.39 bits per heavy atom. The third kappa shape index (κ3) is 3.54. The van der Waals surface area contributed by atoms with Gasteiger partial charge in [-0.25, -0.2) is 0 Å². The van der Waals surface area contributed by atoms with E-state index in [1.165, 1.54) is 0 Å². The summed E-state index contributed by atoms with van der Waals surface area (Å²) in [4.78, 5) is 12.6. The summed E-state index contributed by atoms with van der Waals surface area (Å²) in [5.74, 6) is -0.227. The van der Waals surface area contributed by atoms with E-state index in [0.717, 1.165) is 18.4 Å². The van der Waals surface area contributed by atoms with E-state index >= 15 is 0 Å². The first-order chi connectivity index (χ1) is 11.1. The third-order valence-electron chi connectivity index (χ3n) is 3.80. The van der Waals surface area contributed by atoms with Crippen molar-refractivity contribution in [2.75, 3.05) is 6.54 Å². The van der Waals surface area contributed by atoms with Crippen LogP contribution >= 0.6 is 0 Å². The van der Waals surface area contributed by atoms with Gasteiger partial charge in [0, 0.05) is 6.54 Å². The van der Waals surface area contributed by atoms with Crippen molar-refractivity contribution in [2.24, 2.45) is 5.73 Å². The molecule has 1 unspecified atom stereocenters. The first-order valence-electron chi connectivity index (χ1n) is 7.71. The Hall–Kier alpha value is -2.74. The van der Waals surface area contributed by atoms with E-state index in [1.54, 1.807) is 6.92 Å². The maximum Gasteiger partial charge on any atom is 0.251 e. The quantitative estimate of drug-likeness (QED) is 0.818. The van der Waals surface area contributed by atoms with E-state index in [1.807, 2.05) is 30.3 Å². The minimum absolute atomic E-state index is 0.0592. The zero-order chi connectivity index (χ0) is 16.8. The normalized spacial score (nSPS) is 17.5. The van der Waals surface area contributed by atoms with E-state index in [4.69, 9.17) is 10.5 Å². The van der Waals surface area contributed by atoms with Crippen molar-refractivity contribution in [1.29, 1.82) is 5.26 Å². The number of carbonyl (C=O) groups is 1. The Balaban J connectivity index is 2.43. The number of benzene rings is 1. The van der Waals surface area contributed by atoms with Gasteiger partial charge < -0.3 is 15.8 Å². The Morgan fingerprint density at radius 3 is 2.70 bits per heavy atom. The first-order valence-corrected chi connectivity index (χ1v) is 7.71. The average Bonchev–Trinajstić information content (AvgIpc) is 2.55. The number of ether oxygens (including phenoxy) is 1. The maximum absolute atomic E-state index is 12.6. The number of amides is 1. The number of nitriles is 1. The smallest absolute Gasteiger partial charge is 0.251 e. The molecule has 1 aliphatic heterocycles. The fraction of sp³-hybridized carbons (Fsp3) is 0.333. The minimum Gasteiger partial charge on any atom is -0.445 e. The van der Waals surface area contributed by atoms with E-state index < -0.39 is 5.92 Å². The van der Waals surface area contributed by atoms with Gasteiger partial charge in [-0.3, -0.25) is 4.79 Å². The molecule has 0 saturated carbocycles. The molecule has 0 aliphatic carbocycles. The van der Waals surface area contributed by atoms with Crippen LogP contribution in [0.4, 0.5) is 0 Å². The van der Waals surface area contributed by atoms with Crippen molar-refractivity contribution in [3.8, 4) is 6.07 Å². The molecule has 0 aromatic heterocycles. The number of hydrogen-bond acceptors (Lipinski definition) is 4. The third-order valence-corrected chi connectivity index (χ3v) is 3.80. The minimum atomic E-state index is -0.503. The number of unbranched alkanes of at least 4 members (excludes halogenated alkanes) is 1. The summed E-state index contributed by atoms with van der Waals surface area (Å²) in [5.41, 5.74) is 7.41. The van der Waals surface area contributed by atoms with Crippen LogP contribution in [0.5, 0.6) is 0 Å². The van der Waals surface area contributed by atoms with Crippen LogP contribution in [0, 0.1) is 11.3 Å². The highest BCUT2D eigenvalue weighted by Gasteiger charge is 2.35. The highest BCUT2D eigenvalue weighted by atomic mass is 16.5. The summed E-state index contributed by atoms with van der Waals surface area (Å²) >= 11 is 0. The molecule has 1 aromatic carbocycles. The number of rotatable bonds is 5. The molecule has 0 bridgehead atoms. The summed E-state index contributed by atoms with van der Waals surface area (Å²) in [6.45, 7) is 4.35. The van der Waals surface area contributed by atoms with Gasteiger partial charge in [-0.05, 0) is 18.9 Å². The molecule has 0 spiro atoms. The number of nitrogens with two attached hydrogens (primary N) is 1. The number of nitrogens with zero attached hydrogens (tertiary/aromatic N) is 1. The van der Waals surface area contributed by atoms with Gasteiger partial charge in [0.2, 0.25) is 5.88 Å². The van der Waals surface area contributed by atoms with Crippen LogP contribution in [0.25, 0.3) is 0 Å². The lowest BCUT2D eigenvalue weighted by Crippen LogP contribution is -2.32. The van der Waals surface area contributed by atoms with Crippen molar-refractivity contribution < 1.29 is 9.53 Å². The average molecular weight is 311 g/mol. The first kappa shape index (κ1) is 16.6. The molecule has 1 heterocycles. The van der Waals surface area contributed by atoms with Gasteiger partial charge in [0.05, 0.1) is 11.5 Å². The fourth-order valence-corrected chi connectivity index (χ4v) is 2.63. The van der Waals surface area contributed by atoms with E-state index in [2.05, 4.69) is 18.3 Å². The predicted octanol–water partition coefficient (Wildman–Crippen LogP) is 2.68.